The smallest absolute Gasteiger partial charge is 0.251 e. The number of carbonyl (C=O) groups is 2. The van der Waals surface area contributed by atoms with Crippen molar-refractivity contribution in [2.45, 2.75) is 13.0 Å². The monoisotopic (exact) mass is 362 g/mol. The van der Waals surface area contributed by atoms with Crippen LogP contribution in [0.5, 0.6) is 0 Å². The fourth-order valence-electron chi connectivity index (χ4n) is 2.68. The molecule has 2 N–H and O–H groups in total. The Morgan fingerprint density at radius 3 is 2.37 bits per heavy atom. The van der Waals surface area contributed by atoms with Gasteiger partial charge in [0.1, 0.15) is 0 Å². The minimum Gasteiger partial charge on any atom is -0.355 e. The number of carbonyl (C=O) groups excluding carboxylic acids is 2. The highest BCUT2D eigenvalue weighted by Crippen LogP contribution is 2.19. The van der Waals surface area contributed by atoms with E-state index in [1.54, 1.807) is 24.7 Å². The van der Waals surface area contributed by atoms with Crippen LogP contribution < -0.4 is 10.6 Å². The molecule has 0 radical (unpaired) electrons. The van der Waals surface area contributed by atoms with Crippen LogP contribution in [-0.4, -0.2) is 34.5 Å². The fraction of sp³-hybridized carbons (Fsp3) is 0.190. The summed E-state index contributed by atoms with van der Waals surface area (Å²) in [6.07, 6.45) is 6.15. The molecule has 1 heterocycles. The molecule has 0 bridgehead atoms. The quantitative estimate of drug-likeness (QED) is 0.605. The van der Waals surface area contributed by atoms with E-state index in [-0.39, 0.29) is 18.4 Å². The predicted octanol–water partition coefficient (Wildman–Crippen LogP) is 2.49. The lowest BCUT2D eigenvalue weighted by atomic mass is 10.0. The van der Waals surface area contributed by atoms with Crippen LogP contribution in [0.2, 0.25) is 0 Å². The van der Waals surface area contributed by atoms with Gasteiger partial charge in [0, 0.05) is 31.0 Å². The van der Waals surface area contributed by atoms with E-state index in [4.69, 9.17) is 0 Å². The van der Waals surface area contributed by atoms with Crippen LogP contribution in [0, 0.1) is 0 Å². The lowest BCUT2D eigenvalue weighted by molar-refractivity contribution is -0.120. The number of nitrogens with one attached hydrogen (secondary N) is 2. The average Bonchev–Trinajstić information content (AvgIpc) is 3.24. The van der Waals surface area contributed by atoms with E-state index in [2.05, 4.69) is 15.6 Å². The van der Waals surface area contributed by atoms with Gasteiger partial charge in [0.15, 0.2) is 0 Å². The molecule has 2 aromatic carbocycles. The Morgan fingerprint density at radius 2 is 1.67 bits per heavy atom. The van der Waals surface area contributed by atoms with Crippen LogP contribution in [0.25, 0.3) is 11.1 Å². The maximum atomic E-state index is 12.2. The van der Waals surface area contributed by atoms with E-state index < -0.39 is 0 Å². The summed E-state index contributed by atoms with van der Waals surface area (Å²) < 4.78 is 1.95. The first kappa shape index (κ1) is 18.4. The van der Waals surface area contributed by atoms with Gasteiger partial charge in [0.25, 0.3) is 5.91 Å². The van der Waals surface area contributed by atoms with E-state index in [0.717, 1.165) is 24.1 Å². The van der Waals surface area contributed by atoms with Gasteiger partial charge in [-0.1, -0.05) is 42.5 Å². The molecule has 0 spiro atoms. The van der Waals surface area contributed by atoms with Crippen LogP contribution in [-0.2, 0) is 11.3 Å². The summed E-state index contributed by atoms with van der Waals surface area (Å²) in [7, 11) is 0. The van der Waals surface area contributed by atoms with E-state index >= 15 is 0 Å². The normalized spacial score (nSPS) is 10.4. The molecule has 1 aromatic heterocycles. The Morgan fingerprint density at radius 1 is 0.926 bits per heavy atom. The molecule has 6 heteroatoms. The number of imidazole rings is 1. The number of rotatable bonds is 8. The van der Waals surface area contributed by atoms with Gasteiger partial charge in [-0.15, -0.1) is 0 Å². The van der Waals surface area contributed by atoms with Crippen molar-refractivity contribution in [1.29, 1.82) is 0 Å². The number of hydrogen-bond acceptors (Lipinski definition) is 3. The van der Waals surface area contributed by atoms with Crippen molar-refractivity contribution in [3.05, 3.63) is 78.9 Å². The van der Waals surface area contributed by atoms with Gasteiger partial charge in [-0.3, -0.25) is 9.59 Å². The Balaban J connectivity index is 1.40. The molecule has 0 fully saturated rings. The second kappa shape index (κ2) is 9.33. The first-order chi connectivity index (χ1) is 13.2. The van der Waals surface area contributed by atoms with Crippen molar-refractivity contribution >= 4 is 11.8 Å². The highest BCUT2D eigenvalue weighted by atomic mass is 16.2. The van der Waals surface area contributed by atoms with E-state index in [9.17, 15) is 9.59 Å². The molecule has 27 heavy (non-hydrogen) atoms. The van der Waals surface area contributed by atoms with Crippen molar-refractivity contribution in [2.24, 2.45) is 0 Å². The molecule has 0 aliphatic heterocycles. The molecule has 3 rings (SSSR count). The molecule has 0 saturated heterocycles. The minimum atomic E-state index is -0.261. The van der Waals surface area contributed by atoms with Crippen molar-refractivity contribution in [2.75, 3.05) is 13.1 Å². The van der Waals surface area contributed by atoms with Gasteiger partial charge in [0.2, 0.25) is 5.91 Å². The van der Waals surface area contributed by atoms with Gasteiger partial charge >= 0.3 is 0 Å². The van der Waals surface area contributed by atoms with Gasteiger partial charge in [0.05, 0.1) is 12.9 Å². The topological polar surface area (TPSA) is 76.0 Å². The molecule has 0 aliphatic carbocycles. The number of benzene rings is 2. The summed E-state index contributed by atoms with van der Waals surface area (Å²) in [6.45, 7) is 1.31. The summed E-state index contributed by atoms with van der Waals surface area (Å²) in [4.78, 5) is 28.0. The van der Waals surface area contributed by atoms with Crippen LogP contribution in [0.1, 0.15) is 16.8 Å². The molecule has 138 valence electrons. The second-order valence-corrected chi connectivity index (χ2v) is 6.13. The third kappa shape index (κ3) is 5.54. The lowest BCUT2D eigenvalue weighted by Crippen LogP contribution is -2.37. The Bertz CT molecular complexity index is 859. The van der Waals surface area contributed by atoms with E-state index in [1.165, 1.54) is 0 Å². The largest absolute Gasteiger partial charge is 0.355 e. The molecular formula is C21H22N4O2. The maximum Gasteiger partial charge on any atom is 0.251 e. The summed E-state index contributed by atoms with van der Waals surface area (Å²) >= 11 is 0. The van der Waals surface area contributed by atoms with E-state index in [1.807, 2.05) is 53.2 Å². The predicted molar refractivity (Wildman–Crippen MR) is 104 cm³/mol. The van der Waals surface area contributed by atoms with Crippen molar-refractivity contribution in [3.8, 4) is 11.1 Å². The minimum absolute atomic E-state index is 0.0374. The van der Waals surface area contributed by atoms with Crippen molar-refractivity contribution < 1.29 is 9.59 Å². The number of nitrogens with zero attached hydrogens (tertiary/aromatic N) is 2. The van der Waals surface area contributed by atoms with Gasteiger partial charge in [-0.2, -0.15) is 0 Å². The van der Waals surface area contributed by atoms with Crippen LogP contribution in [0.4, 0.5) is 0 Å². The number of aryl methyl sites for hydroxylation is 1. The summed E-state index contributed by atoms with van der Waals surface area (Å²) in [5.41, 5.74) is 2.67. The first-order valence-corrected chi connectivity index (χ1v) is 8.88. The summed E-state index contributed by atoms with van der Waals surface area (Å²) in [5, 5.41) is 5.44. The van der Waals surface area contributed by atoms with Crippen LogP contribution in [0.15, 0.2) is 73.3 Å². The Labute approximate surface area is 158 Å². The zero-order valence-electron chi connectivity index (χ0n) is 15.0. The fourth-order valence-corrected chi connectivity index (χ4v) is 2.68. The van der Waals surface area contributed by atoms with Gasteiger partial charge in [-0.05, 0) is 29.7 Å². The molecule has 2 amide bonds. The zero-order valence-corrected chi connectivity index (χ0v) is 15.0. The van der Waals surface area contributed by atoms with E-state index in [0.29, 0.717) is 12.1 Å². The molecule has 6 nitrogen and oxygen atoms in total. The van der Waals surface area contributed by atoms with Gasteiger partial charge in [-0.25, -0.2) is 4.98 Å². The number of amides is 2. The number of aromatic nitrogens is 2. The number of hydrogen-bond donors (Lipinski definition) is 2. The van der Waals surface area contributed by atoms with Crippen LogP contribution in [0.3, 0.4) is 0 Å². The van der Waals surface area contributed by atoms with Gasteiger partial charge < -0.3 is 15.2 Å². The average molecular weight is 362 g/mol. The Kier molecular flexibility index (Phi) is 6.35. The lowest BCUT2D eigenvalue weighted by Gasteiger charge is -2.08. The molecule has 3 aromatic rings. The molecule has 0 atom stereocenters. The van der Waals surface area contributed by atoms with Crippen molar-refractivity contribution in [1.82, 2.24) is 20.2 Å². The first-order valence-electron chi connectivity index (χ1n) is 8.88. The molecule has 0 unspecified atom stereocenters. The zero-order chi connectivity index (χ0) is 18.9. The summed E-state index contributed by atoms with van der Waals surface area (Å²) in [6, 6.07) is 17.3. The maximum absolute atomic E-state index is 12.2. The molecule has 0 aliphatic rings. The van der Waals surface area contributed by atoms with Crippen molar-refractivity contribution in [3.63, 3.8) is 0 Å². The highest BCUT2D eigenvalue weighted by molar-refractivity contribution is 5.96. The SMILES string of the molecule is O=C(CNC(=O)c1ccc(-c2ccccc2)cc1)NCCCn1ccnc1. The standard InChI is InChI=1S/C21H22N4O2/c26-20(23-11-4-13-25-14-12-22-16-25)15-24-21(27)19-9-7-18(8-10-19)17-5-2-1-3-6-17/h1-3,5-10,12,14,16H,4,11,13,15H2,(H,23,26)(H,24,27). The third-order valence-electron chi connectivity index (χ3n) is 4.14. The third-order valence-corrected chi connectivity index (χ3v) is 4.14. The molecule has 0 saturated carbocycles. The van der Waals surface area contributed by atoms with Crippen LogP contribution >= 0.6 is 0 Å². The summed E-state index contributed by atoms with van der Waals surface area (Å²) in [5.74, 6) is -0.460. The molecular weight excluding hydrogens is 340 g/mol. The Hall–Kier alpha value is -3.41. The highest BCUT2D eigenvalue weighted by Gasteiger charge is 2.08. The second-order valence-electron chi connectivity index (χ2n) is 6.13.